The van der Waals surface area contributed by atoms with Crippen molar-refractivity contribution in [2.45, 2.75) is 10.1 Å². The highest BCUT2D eigenvalue weighted by atomic mass is 32.2. The van der Waals surface area contributed by atoms with Crippen LogP contribution in [0.4, 0.5) is 0 Å². The molecule has 134 valence electrons. The van der Waals surface area contributed by atoms with E-state index in [4.69, 9.17) is 14.5 Å². The highest BCUT2D eigenvalue weighted by Gasteiger charge is 2.11. The van der Waals surface area contributed by atoms with E-state index in [-0.39, 0.29) is 0 Å². The lowest BCUT2D eigenvalue weighted by Crippen LogP contribution is -2.37. The Kier molecular flexibility index (Phi) is 8.18. The van der Waals surface area contributed by atoms with E-state index in [9.17, 15) is 0 Å². The topological polar surface area (TPSA) is 37.8 Å². The summed E-state index contributed by atoms with van der Waals surface area (Å²) in [6.07, 6.45) is 0. The molecule has 0 saturated carbocycles. The van der Waals surface area contributed by atoms with Crippen molar-refractivity contribution in [1.82, 2.24) is 14.8 Å². The molecule has 0 amide bonds. The van der Waals surface area contributed by atoms with Gasteiger partial charge in [-0.05, 0) is 12.1 Å². The Hall–Kier alpha value is -0.310. The Morgan fingerprint density at radius 2 is 1.25 bits per heavy atom. The van der Waals surface area contributed by atoms with Gasteiger partial charge in [0.2, 0.25) is 0 Å². The molecule has 1 aromatic heterocycles. The molecule has 2 aliphatic heterocycles. The third-order valence-electron chi connectivity index (χ3n) is 4.22. The van der Waals surface area contributed by atoms with Crippen LogP contribution >= 0.6 is 23.5 Å². The molecule has 2 fully saturated rings. The highest BCUT2D eigenvalue weighted by Crippen LogP contribution is 2.21. The molecule has 3 heterocycles. The van der Waals surface area contributed by atoms with Crippen LogP contribution in [0.1, 0.15) is 0 Å². The van der Waals surface area contributed by atoms with Crippen molar-refractivity contribution in [1.29, 1.82) is 0 Å². The second-order valence-electron chi connectivity index (χ2n) is 5.92. The molecule has 2 saturated heterocycles. The zero-order chi connectivity index (χ0) is 16.5. The number of hydrogen-bond acceptors (Lipinski definition) is 7. The van der Waals surface area contributed by atoms with E-state index in [0.29, 0.717) is 0 Å². The number of pyridine rings is 1. The summed E-state index contributed by atoms with van der Waals surface area (Å²) >= 11 is 3.71. The molecule has 0 aliphatic carbocycles. The molecule has 0 bridgehead atoms. The minimum Gasteiger partial charge on any atom is -0.379 e. The van der Waals surface area contributed by atoms with Crippen LogP contribution in [-0.2, 0) is 9.47 Å². The molecule has 1 aromatic rings. The number of nitrogens with zero attached hydrogens (tertiary/aromatic N) is 3. The molecule has 0 N–H and O–H groups in total. The Morgan fingerprint density at radius 3 is 1.71 bits per heavy atom. The third-order valence-corrected chi connectivity index (χ3v) is 6.04. The smallest absolute Gasteiger partial charge is 0.0973 e. The molecule has 0 atom stereocenters. The average Bonchev–Trinajstić information content (AvgIpc) is 2.64. The van der Waals surface area contributed by atoms with Gasteiger partial charge in [0.05, 0.1) is 36.5 Å². The predicted octanol–water partition coefficient (Wildman–Crippen LogP) is 1.93. The summed E-state index contributed by atoms with van der Waals surface area (Å²) in [5.74, 6) is 2.18. The fraction of sp³-hybridized carbons (Fsp3) is 0.706. The van der Waals surface area contributed by atoms with Gasteiger partial charge < -0.3 is 9.47 Å². The fourth-order valence-electron chi connectivity index (χ4n) is 2.76. The average molecular weight is 370 g/mol. The van der Waals surface area contributed by atoms with Crippen LogP contribution in [-0.4, -0.2) is 92.0 Å². The van der Waals surface area contributed by atoms with Crippen LogP contribution < -0.4 is 0 Å². The van der Waals surface area contributed by atoms with E-state index in [0.717, 1.165) is 87.3 Å². The van der Waals surface area contributed by atoms with E-state index in [1.807, 2.05) is 23.5 Å². The van der Waals surface area contributed by atoms with E-state index < -0.39 is 0 Å². The SMILES string of the molecule is c1cc(SCCN2CCOCC2)nc(SCCN2CCOCC2)c1. The maximum Gasteiger partial charge on any atom is 0.0973 e. The normalized spacial score (nSPS) is 20.3. The van der Waals surface area contributed by atoms with Gasteiger partial charge in [-0.2, -0.15) is 0 Å². The zero-order valence-corrected chi connectivity index (χ0v) is 15.8. The van der Waals surface area contributed by atoms with Gasteiger partial charge in [0.15, 0.2) is 0 Å². The van der Waals surface area contributed by atoms with Crippen molar-refractivity contribution >= 4 is 23.5 Å². The zero-order valence-electron chi connectivity index (χ0n) is 14.2. The minimum atomic E-state index is 0.873. The van der Waals surface area contributed by atoms with Gasteiger partial charge >= 0.3 is 0 Å². The molecular weight excluding hydrogens is 342 g/mol. The van der Waals surface area contributed by atoms with Crippen LogP contribution in [0, 0.1) is 0 Å². The van der Waals surface area contributed by atoms with Gasteiger partial charge in [-0.1, -0.05) is 6.07 Å². The fourth-order valence-corrected chi connectivity index (χ4v) is 4.62. The predicted molar refractivity (Wildman–Crippen MR) is 100 cm³/mol. The number of hydrogen-bond donors (Lipinski definition) is 0. The second-order valence-corrected chi connectivity index (χ2v) is 8.15. The minimum absolute atomic E-state index is 0.873. The van der Waals surface area contributed by atoms with Crippen molar-refractivity contribution in [2.75, 3.05) is 77.2 Å². The molecule has 7 heteroatoms. The summed E-state index contributed by atoms with van der Waals surface area (Å²) in [6, 6.07) is 6.37. The molecule has 3 rings (SSSR count). The molecule has 0 radical (unpaired) electrons. The Labute approximate surface area is 153 Å². The first-order valence-electron chi connectivity index (χ1n) is 8.73. The molecule has 5 nitrogen and oxygen atoms in total. The summed E-state index contributed by atoms with van der Waals surface area (Å²) in [4.78, 5) is 9.72. The largest absolute Gasteiger partial charge is 0.379 e. The van der Waals surface area contributed by atoms with Crippen LogP contribution in [0.5, 0.6) is 0 Å². The quantitative estimate of drug-likeness (QED) is 0.648. The molecule has 0 aromatic carbocycles. The van der Waals surface area contributed by atoms with Gasteiger partial charge in [-0.25, -0.2) is 4.98 Å². The summed E-state index contributed by atoms with van der Waals surface area (Å²) < 4.78 is 10.8. The number of aromatic nitrogens is 1. The number of thioether (sulfide) groups is 2. The van der Waals surface area contributed by atoms with Gasteiger partial charge in [0, 0.05) is 50.8 Å². The third kappa shape index (κ3) is 6.54. The first kappa shape index (κ1) is 18.5. The van der Waals surface area contributed by atoms with Crippen molar-refractivity contribution in [2.24, 2.45) is 0 Å². The maximum absolute atomic E-state index is 5.39. The van der Waals surface area contributed by atoms with Crippen LogP contribution in [0.15, 0.2) is 28.3 Å². The first-order valence-corrected chi connectivity index (χ1v) is 10.7. The summed E-state index contributed by atoms with van der Waals surface area (Å²) in [7, 11) is 0. The standard InChI is InChI=1S/C17H27N3O2S2/c1-2-16(23-14-8-19-4-10-21-11-5-19)18-17(3-1)24-15-9-20-6-12-22-13-7-20/h1-3H,4-15H2. The molecule has 2 aliphatic rings. The van der Waals surface area contributed by atoms with E-state index in [2.05, 4.69) is 28.0 Å². The monoisotopic (exact) mass is 369 g/mol. The second kappa shape index (κ2) is 10.6. The van der Waals surface area contributed by atoms with Crippen molar-refractivity contribution in [3.63, 3.8) is 0 Å². The van der Waals surface area contributed by atoms with Gasteiger partial charge in [-0.3, -0.25) is 9.80 Å². The van der Waals surface area contributed by atoms with Crippen molar-refractivity contribution in [3.05, 3.63) is 18.2 Å². The Bertz CT molecular complexity index is 441. The lowest BCUT2D eigenvalue weighted by molar-refractivity contribution is 0.0409. The first-order chi connectivity index (χ1) is 11.9. The van der Waals surface area contributed by atoms with Gasteiger partial charge in [0.25, 0.3) is 0 Å². The maximum atomic E-state index is 5.39. The van der Waals surface area contributed by atoms with Crippen LogP contribution in [0.25, 0.3) is 0 Å². The molecular formula is C17H27N3O2S2. The Morgan fingerprint density at radius 1 is 0.792 bits per heavy atom. The van der Waals surface area contributed by atoms with Crippen LogP contribution in [0.2, 0.25) is 0 Å². The van der Waals surface area contributed by atoms with E-state index in [1.54, 1.807) is 0 Å². The Balaban J connectivity index is 1.35. The summed E-state index contributed by atoms with van der Waals surface area (Å²) in [6.45, 7) is 9.97. The molecule has 0 unspecified atom stereocenters. The van der Waals surface area contributed by atoms with E-state index >= 15 is 0 Å². The number of morpholine rings is 2. The van der Waals surface area contributed by atoms with Crippen molar-refractivity contribution < 1.29 is 9.47 Å². The molecule has 24 heavy (non-hydrogen) atoms. The number of ether oxygens (including phenoxy) is 2. The van der Waals surface area contributed by atoms with Crippen LogP contribution in [0.3, 0.4) is 0 Å². The van der Waals surface area contributed by atoms with Crippen molar-refractivity contribution in [3.8, 4) is 0 Å². The highest BCUT2D eigenvalue weighted by molar-refractivity contribution is 7.99. The van der Waals surface area contributed by atoms with Gasteiger partial charge in [-0.15, -0.1) is 23.5 Å². The lowest BCUT2D eigenvalue weighted by atomic mass is 10.4. The number of rotatable bonds is 8. The van der Waals surface area contributed by atoms with E-state index in [1.165, 1.54) is 0 Å². The molecule has 0 spiro atoms. The summed E-state index contributed by atoms with van der Waals surface area (Å²) in [5, 5.41) is 2.28. The van der Waals surface area contributed by atoms with Gasteiger partial charge in [0.1, 0.15) is 0 Å². The summed E-state index contributed by atoms with van der Waals surface area (Å²) in [5.41, 5.74) is 0. The lowest BCUT2D eigenvalue weighted by Gasteiger charge is -2.26.